The third-order valence-corrected chi connectivity index (χ3v) is 11.1. The van der Waals surface area contributed by atoms with Crippen LogP contribution >= 0.6 is 0 Å². The van der Waals surface area contributed by atoms with Gasteiger partial charge in [0.1, 0.15) is 22.8 Å². The Labute approximate surface area is 310 Å². The maximum Gasteiger partial charge on any atom is 0.260 e. The molecule has 53 heavy (non-hydrogen) atoms. The molecule has 0 bridgehead atoms. The van der Waals surface area contributed by atoms with Gasteiger partial charge in [-0.3, -0.25) is 0 Å². The summed E-state index contributed by atoms with van der Waals surface area (Å²) in [5.74, 6) is 3.28. The molecule has 5 heteroatoms. The van der Waals surface area contributed by atoms with Gasteiger partial charge in [-0.2, -0.15) is 0 Å². The Balaban J connectivity index is 1.14. The summed E-state index contributed by atoms with van der Waals surface area (Å²) in [4.78, 5) is 2.35. The molecular weight excluding hydrogens is 649 g/mol. The summed E-state index contributed by atoms with van der Waals surface area (Å²) in [5, 5.41) is 4.17. The van der Waals surface area contributed by atoms with Crippen LogP contribution in [0.2, 0.25) is 0 Å². The molecule has 10 rings (SSSR count). The lowest BCUT2D eigenvalue weighted by Gasteiger charge is -2.32. The third kappa shape index (κ3) is 4.98. The van der Waals surface area contributed by atoms with E-state index < -0.39 is 0 Å². The van der Waals surface area contributed by atoms with E-state index in [1.165, 1.54) is 11.1 Å². The number of para-hydroxylation sites is 2. The fourth-order valence-corrected chi connectivity index (χ4v) is 8.24. The summed E-state index contributed by atoms with van der Waals surface area (Å²) in [5.41, 5.74) is 11.0. The predicted octanol–water partition coefficient (Wildman–Crippen LogP) is 11.5. The Morgan fingerprint density at radius 2 is 1.02 bits per heavy atom. The first kappa shape index (κ1) is 31.8. The van der Waals surface area contributed by atoms with Crippen molar-refractivity contribution in [2.45, 2.75) is 52.4 Å². The molecule has 0 saturated carbocycles. The minimum atomic E-state index is -0.00674. The van der Waals surface area contributed by atoms with E-state index in [-0.39, 0.29) is 17.5 Å². The quantitative estimate of drug-likeness (QED) is 0.173. The van der Waals surface area contributed by atoms with E-state index in [0.717, 1.165) is 89.2 Å². The van der Waals surface area contributed by atoms with Crippen LogP contribution in [0.25, 0.3) is 32.7 Å². The standard InChI is InChI=1S/C48H40BNO3/c1-47(2,3)30-16-20-32(21-17-30)50(33-22-18-31(19-23-33)48(4,5)6)34-24-26-35-29(27-34)15-25-36-37-28-42-43-46(45(37)53-44(35)36)52-41-14-10-8-12-39(41)49(43)38-11-7-9-13-40(38)51-42/h7-28H,1-6H3. The van der Waals surface area contributed by atoms with Gasteiger partial charge >= 0.3 is 0 Å². The van der Waals surface area contributed by atoms with Crippen molar-refractivity contribution in [3.05, 3.63) is 145 Å². The van der Waals surface area contributed by atoms with Crippen molar-refractivity contribution in [2.75, 3.05) is 4.90 Å². The summed E-state index contributed by atoms with van der Waals surface area (Å²) in [6.45, 7) is 13.5. The summed E-state index contributed by atoms with van der Waals surface area (Å²) in [6.07, 6.45) is 0. The lowest BCUT2D eigenvalue weighted by atomic mass is 9.35. The molecular formula is C48H40BNO3. The number of ether oxygens (including phenoxy) is 2. The molecule has 0 radical (unpaired) electrons. The molecule has 0 fully saturated rings. The van der Waals surface area contributed by atoms with Crippen molar-refractivity contribution in [3.63, 3.8) is 0 Å². The van der Waals surface area contributed by atoms with Crippen molar-refractivity contribution in [1.82, 2.24) is 0 Å². The molecule has 0 saturated heterocycles. The third-order valence-electron chi connectivity index (χ3n) is 11.1. The van der Waals surface area contributed by atoms with Gasteiger partial charge in [0.05, 0.1) is 0 Å². The first-order chi connectivity index (χ1) is 25.5. The van der Waals surface area contributed by atoms with Gasteiger partial charge in [-0.25, -0.2) is 0 Å². The minimum absolute atomic E-state index is 0.00674. The number of hydrogen-bond donors (Lipinski definition) is 0. The molecule has 8 aromatic rings. The molecule has 0 amide bonds. The molecule has 4 nitrogen and oxygen atoms in total. The van der Waals surface area contributed by atoms with Crippen LogP contribution in [-0.4, -0.2) is 6.71 Å². The van der Waals surface area contributed by atoms with Gasteiger partial charge in [0.2, 0.25) is 0 Å². The van der Waals surface area contributed by atoms with Crippen LogP contribution in [0.1, 0.15) is 52.7 Å². The molecule has 0 atom stereocenters. The second kappa shape index (κ2) is 11.3. The van der Waals surface area contributed by atoms with Crippen molar-refractivity contribution in [3.8, 4) is 23.0 Å². The molecule has 2 aliphatic heterocycles. The summed E-state index contributed by atoms with van der Waals surface area (Å²) < 4.78 is 20.2. The molecule has 3 heterocycles. The molecule has 258 valence electrons. The Morgan fingerprint density at radius 3 is 1.62 bits per heavy atom. The monoisotopic (exact) mass is 689 g/mol. The number of furan rings is 1. The van der Waals surface area contributed by atoms with Crippen molar-refractivity contribution in [2.24, 2.45) is 0 Å². The average molecular weight is 690 g/mol. The van der Waals surface area contributed by atoms with Crippen molar-refractivity contribution >= 4 is 72.9 Å². The predicted molar refractivity (Wildman–Crippen MR) is 221 cm³/mol. The molecule has 1 aromatic heterocycles. The van der Waals surface area contributed by atoms with E-state index >= 15 is 0 Å². The lowest BCUT2D eigenvalue weighted by molar-refractivity contribution is 0.462. The molecule has 2 aliphatic rings. The van der Waals surface area contributed by atoms with Crippen LogP contribution in [0.5, 0.6) is 23.0 Å². The van der Waals surface area contributed by atoms with E-state index in [9.17, 15) is 0 Å². The van der Waals surface area contributed by atoms with Gasteiger partial charge in [-0.15, -0.1) is 0 Å². The Bertz CT molecular complexity index is 2680. The Kier molecular flexibility index (Phi) is 6.76. The molecule has 0 unspecified atom stereocenters. The lowest BCUT2D eigenvalue weighted by Crippen LogP contribution is -2.57. The number of rotatable bonds is 3. The van der Waals surface area contributed by atoms with Crippen LogP contribution in [0, 0.1) is 0 Å². The number of fused-ring (bicyclic) bond motifs is 10. The zero-order chi connectivity index (χ0) is 36.2. The van der Waals surface area contributed by atoms with Gasteiger partial charge in [0.25, 0.3) is 6.71 Å². The minimum Gasteiger partial charge on any atom is -0.458 e. The highest BCUT2D eigenvalue weighted by Crippen LogP contribution is 2.46. The van der Waals surface area contributed by atoms with Crippen LogP contribution in [-0.2, 0) is 10.8 Å². The average Bonchev–Trinajstić information content (AvgIpc) is 3.53. The maximum atomic E-state index is 6.90. The van der Waals surface area contributed by atoms with Gasteiger partial charge in [-0.05, 0) is 105 Å². The SMILES string of the molecule is CC(C)(C)c1ccc(N(c2ccc(C(C)(C)C)cc2)c2ccc3c(ccc4c5cc6c7c(c5oc34)Oc3ccccc3B7c3ccccc3O6)c2)cc1. The first-order valence-corrected chi connectivity index (χ1v) is 18.5. The van der Waals surface area contributed by atoms with Crippen molar-refractivity contribution < 1.29 is 13.9 Å². The summed E-state index contributed by atoms with van der Waals surface area (Å²) >= 11 is 0. The largest absolute Gasteiger partial charge is 0.458 e. The van der Waals surface area contributed by atoms with E-state index in [4.69, 9.17) is 13.9 Å². The Hall–Kier alpha value is -5.94. The highest BCUT2D eigenvalue weighted by Gasteiger charge is 2.41. The van der Waals surface area contributed by atoms with Gasteiger partial charge in [0.15, 0.2) is 11.3 Å². The first-order valence-electron chi connectivity index (χ1n) is 18.5. The number of benzene rings is 7. The van der Waals surface area contributed by atoms with E-state index in [2.05, 4.69) is 162 Å². The van der Waals surface area contributed by atoms with E-state index in [0.29, 0.717) is 0 Å². The topological polar surface area (TPSA) is 34.8 Å². The highest BCUT2D eigenvalue weighted by atomic mass is 16.5. The van der Waals surface area contributed by atoms with E-state index in [1.54, 1.807) is 0 Å². The van der Waals surface area contributed by atoms with Crippen molar-refractivity contribution in [1.29, 1.82) is 0 Å². The maximum absolute atomic E-state index is 6.90. The van der Waals surface area contributed by atoms with Gasteiger partial charge in [-0.1, -0.05) is 108 Å². The zero-order valence-electron chi connectivity index (χ0n) is 31.0. The number of anilines is 3. The molecule has 0 aliphatic carbocycles. The van der Waals surface area contributed by atoms with Crippen LogP contribution in [0.3, 0.4) is 0 Å². The summed E-state index contributed by atoms with van der Waals surface area (Å²) in [7, 11) is 0. The Morgan fingerprint density at radius 1 is 0.472 bits per heavy atom. The van der Waals surface area contributed by atoms with E-state index in [1.807, 2.05) is 18.2 Å². The normalized spacial score (nSPS) is 13.4. The number of nitrogens with zero attached hydrogens (tertiary/aromatic N) is 1. The smallest absolute Gasteiger partial charge is 0.260 e. The van der Waals surface area contributed by atoms with Crippen LogP contribution < -0.4 is 30.8 Å². The van der Waals surface area contributed by atoms with Gasteiger partial charge < -0.3 is 18.8 Å². The van der Waals surface area contributed by atoms with Crippen LogP contribution in [0.15, 0.2) is 138 Å². The van der Waals surface area contributed by atoms with Crippen LogP contribution in [0.4, 0.5) is 17.1 Å². The number of hydrogen-bond acceptors (Lipinski definition) is 4. The fourth-order valence-electron chi connectivity index (χ4n) is 8.24. The molecule has 0 N–H and O–H groups in total. The van der Waals surface area contributed by atoms with Gasteiger partial charge in [0, 0.05) is 38.7 Å². The highest BCUT2D eigenvalue weighted by molar-refractivity contribution is 6.98. The summed E-state index contributed by atoms with van der Waals surface area (Å²) in [6, 6.07) is 47.8. The fraction of sp³-hybridized carbons (Fsp3) is 0.167. The second-order valence-electron chi connectivity index (χ2n) is 16.6. The molecule has 7 aromatic carbocycles. The molecule has 0 spiro atoms. The second-order valence-corrected chi connectivity index (χ2v) is 16.6. The zero-order valence-corrected chi connectivity index (χ0v) is 31.0.